The van der Waals surface area contributed by atoms with Gasteiger partial charge in [-0.25, -0.2) is 0 Å². The van der Waals surface area contributed by atoms with Crippen LogP contribution in [0.25, 0.3) is 10.8 Å². The molecular weight excluding hydrogens is 270 g/mol. The zero-order chi connectivity index (χ0) is 14.8. The van der Waals surface area contributed by atoms with E-state index < -0.39 is 4.92 Å². The number of hydrogen-bond acceptors (Lipinski definition) is 4. The van der Waals surface area contributed by atoms with Gasteiger partial charge in [0, 0.05) is 12.1 Å². The highest BCUT2D eigenvalue weighted by Gasteiger charge is 2.08. The maximum absolute atomic E-state index is 10.6. The molecule has 0 aromatic heterocycles. The average Bonchev–Trinajstić information content (AvgIpc) is 2.48. The Labute approximate surface area is 120 Å². The summed E-state index contributed by atoms with van der Waals surface area (Å²) in [5.74, 6) is 0.751. The minimum Gasteiger partial charge on any atom is -0.504 e. The number of nitro benzene ring substituents is 1. The van der Waals surface area contributed by atoms with Crippen molar-refractivity contribution in [1.29, 1.82) is 0 Å². The largest absolute Gasteiger partial charge is 0.504 e. The number of non-ortho nitro benzene ring substituents is 1. The smallest absolute Gasteiger partial charge is 0.269 e. The van der Waals surface area contributed by atoms with E-state index in [9.17, 15) is 15.2 Å². The van der Waals surface area contributed by atoms with Crippen molar-refractivity contribution in [3.63, 3.8) is 0 Å². The highest BCUT2D eigenvalue weighted by atomic mass is 16.6. The summed E-state index contributed by atoms with van der Waals surface area (Å²) in [7, 11) is 0. The number of aromatic hydroxyl groups is 1. The molecule has 5 heteroatoms. The van der Waals surface area contributed by atoms with Crippen LogP contribution in [0.2, 0.25) is 0 Å². The number of hydrogen-bond donors (Lipinski definition) is 1. The average molecular weight is 281 g/mol. The number of phenols is 1. The monoisotopic (exact) mass is 281 g/mol. The second kappa shape index (κ2) is 5.13. The number of phenolic OH excluding ortho intramolecular Hbond substituents is 1. The third-order valence-electron chi connectivity index (χ3n) is 3.10. The predicted molar refractivity (Wildman–Crippen MR) is 78.8 cm³/mol. The molecule has 0 atom stereocenters. The van der Waals surface area contributed by atoms with Gasteiger partial charge in [0.15, 0.2) is 11.5 Å². The molecule has 0 aliphatic rings. The number of fused-ring (bicyclic) bond motifs is 1. The van der Waals surface area contributed by atoms with E-state index in [1.807, 2.05) is 24.3 Å². The van der Waals surface area contributed by atoms with Crippen LogP contribution in [0.1, 0.15) is 0 Å². The van der Waals surface area contributed by atoms with E-state index in [0.29, 0.717) is 11.5 Å². The molecule has 0 amide bonds. The van der Waals surface area contributed by atoms with E-state index in [2.05, 4.69) is 0 Å². The van der Waals surface area contributed by atoms with Crippen LogP contribution in [0.15, 0.2) is 60.7 Å². The van der Waals surface area contributed by atoms with Gasteiger partial charge >= 0.3 is 0 Å². The third-order valence-corrected chi connectivity index (χ3v) is 3.10. The number of rotatable bonds is 3. The lowest BCUT2D eigenvalue weighted by Crippen LogP contribution is -1.89. The molecule has 0 unspecified atom stereocenters. The molecule has 0 heterocycles. The van der Waals surface area contributed by atoms with Crippen molar-refractivity contribution in [3.05, 3.63) is 70.8 Å². The molecular formula is C16H11NO4. The standard InChI is InChI=1S/C16H11NO4/c18-15-9-11-3-1-2-4-12(11)10-16(15)21-14-7-5-13(6-8-14)17(19)20/h1-10,18H. The summed E-state index contributed by atoms with van der Waals surface area (Å²) < 4.78 is 5.58. The summed E-state index contributed by atoms with van der Waals surface area (Å²) in [6, 6.07) is 16.6. The van der Waals surface area contributed by atoms with E-state index >= 15 is 0 Å². The first-order chi connectivity index (χ1) is 10.1. The Kier molecular flexibility index (Phi) is 3.16. The summed E-state index contributed by atoms with van der Waals surface area (Å²) in [5.41, 5.74) is -0.00918. The van der Waals surface area contributed by atoms with Crippen molar-refractivity contribution in [2.45, 2.75) is 0 Å². The van der Waals surface area contributed by atoms with Gasteiger partial charge in [-0.05, 0) is 35.0 Å². The zero-order valence-electron chi connectivity index (χ0n) is 10.9. The van der Waals surface area contributed by atoms with Crippen molar-refractivity contribution in [2.75, 3.05) is 0 Å². The fourth-order valence-corrected chi connectivity index (χ4v) is 2.05. The molecule has 3 aromatic carbocycles. The maximum Gasteiger partial charge on any atom is 0.269 e. The Morgan fingerprint density at radius 1 is 0.952 bits per heavy atom. The van der Waals surface area contributed by atoms with Crippen LogP contribution >= 0.6 is 0 Å². The summed E-state index contributed by atoms with van der Waals surface area (Å²) >= 11 is 0. The SMILES string of the molecule is O=[N+]([O-])c1ccc(Oc2cc3ccccc3cc2O)cc1. The van der Waals surface area contributed by atoms with Crippen molar-refractivity contribution in [2.24, 2.45) is 0 Å². The molecule has 104 valence electrons. The van der Waals surface area contributed by atoms with Crippen LogP contribution < -0.4 is 4.74 Å². The van der Waals surface area contributed by atoms with Gasteiger partial charge in [-0.2, -0.15) is 0 Å². The van der Waals surface area contributed by atoms with Crippen molar-refractivity contribution in [1.82, 2.24) is 0 Å². The van der Waals surface area contributed by atoms with Crippen LogP contribution in [-0.4, -0.2) is 10.0 Å². The van der Waals surface area contributed by atoms with Crippen molar-refractivity contribution >= 4 is 16.5 Å². The van der Waals surface area contributed by atoms with Gasteiger partial charge in [-0.1, -0.05) is 24.3 Å². The first kappa shape index (κ1) is 12.9. The zero-order valence-corrected chi connectivity index (χ0v) is 10.9. The van der Waals surface area contributed by atoms with Gasteiger partial charge in [-0.15, -0.1) is 0 Å². The van der Waals surface area contributed by atoms with Gasteiger partial charge in [0.2, 0.25) is 0 Å². The molecule has 0 spiro atoms. The molecule has 3 aromatic rings. The van der Waals surface area contributed by atoms with Crippen LogP contribution in [0.3, 0.4) is 0 Å². The highest BCUT2D eigenvalue weighted by Crippen LogP contribution is 2.35. The fourth-order valence-electron chi connectivity index (χ4n) is 2.05. The highest BCUT2D eigenvalue weighted by molar-refractivity contribution is 5.86. The van der Waals surface area contributed by atoms with E-state index in [0.717, 1.165) is 10.8 Å². The summed E-state index contributed by atoms with van der Waals surface area (Å²) in [6.45, 7) is 0. The second-order valence-electron chi connectivity index (χ2n) is 4.52. The maximum atomic E-state index is 10.6. The van der Waals surface area contributed by atoms with Crippen molar-refractivity contribution < 1.29 is 14.8 Å². The first-order valence-corrected chi connectivity index (χ1v) is 6.27. The van der Waals surface area contributed by atoms with Gasteiger partial charge in [0.1, 0.15) is 5.75 Å². The second-order valence-corrected chi connectivity index (χ2v) is 4.52. The fraction of sp³-hybridized carbons (Fsp3) is 0. The molecule has 3 rings (SSSR count). The molecule has 0 bridgehead atoms. The Morgan fingerprint density at radius 3 is 2.19 bits per heavy atom. The van der Waals surface area contributed by atoms with E-state index in [1.165, 1.54) is 24.3 Å². The number of nitrogens with zero attached hydrogens (tertiary/aromatic N) is 1. The Morgan fingerprint density at radius 2 is 1.57 bits per heavy atom. The molecule has 5 nitrogen and oxygen atoms in total. The van der Waals surface area contributed by atoms with Crippen LogP contribution in [0.5, 0.6) is 17.2 Å². The first-order valence-electron chi connectivity index (χ1n) is 6.27. The molecule has 21 heavy (non-hydrogen) atoms. The Hall–Kier alpha value is -3.08. The molecule has 0 aliphatic carbocycles. The normalized spacial score (nSPS) is 10.5. The van der Waals surface area contributed by atoms with E-state index in [-0.39, 0.29) is 11.4 Å². The molecule has 0 saturated heterocycles. The quantitative estimate of drug-likeness (QED) is 0.575. The van der Waals surface area contributed by atoms with Gasteiger partial charge < -0.3 is 9.84 Å². The minimum atomic E-state index is -0.475. The van der Waals surface area contributed by atoms with Gasteiger partial charge in [0.25, 0.3) is 5.69 Å². The van der Waals surface area contributed by atoms with Crippen LogP contribution in [0.4, 0.5) is 5.69 Å². The van der Waals surface area contributed by atoms with Gasteiger partial charge in [-0.3, -0.25) is 10.1 Å². The minimum absolute atomic E-state index is 0.00918. The van der Waals surface area contributed by atoms with Crippen LogP contribution in [-0.2, 0) is 0 Å². The molecule has 1 N–H and O–H groups in total. The number of ether oxygens (including phenoxy) is 1. The lowest BCUT2D eigenvalue weighted by atomic mass is 10.1. The third kappa shape index (κ3) is 2.62. The molecule has 0 fully saturated rings. The lowest BCUT2D eigenvalue weighted by Gasteiger charge is -2.09. The van der Waals surface area contributed by atoms with Crippen molar-refractivity contribution in [3.8, 4) is 17.2 Å². The molecule has 0 aliphatic heterocycles. The van der Waals surface area contributed by atoms with E-state index in [4.69, 9.17) is 4.74 Å². The molecule has 0 saturated carbocycles. The predicted octanol–water partition coefficient (Wildman–Crippen LogP) is 4.25. The Bertz CT molecular complexity index is 812. The molecule has 0 radical (unpaired) electrons. The Balaban J connectivity index is 1.93. The lowest BCUT2D eigenvalue weighted by molar-refractivity contribution is -0.384. The summed E-state index contributed by atoms with van der Waals surface area (Å²) in [4.78, 5) is 10.1. The van der Waals surface area contributed by atoms with Crippen LogP contribution in [0, 0.1) is 10.1 Å². The summed E-state index contributed by atoms with van der Waals surface area (Å²) in [6.07, 6.45) is 0. The topological polar surface area (TPSA) is 72.6 Å². The number of benzene rings is 3. The van der Waals surface area contributed by atoms with E-state index in [1.54, 1.807) is 12.1 Å². The van der Waals surface area contributed by atoms with Gasteiger partial charge in [0.05, 0.1) is 4.92 Å². The summed E-state index contributed by atoms with van der Waals surface area (Å²) in [5, 5.41) is 22.4. The number of nitro groups is 1.